The predicted molar refractivity (Wildman–Crippen MR) is 70.4 cm³/mol. The Labute approximate surface area is 118 Å². The van der Waals surface area contributed by atoms with E-state index in [9.17, 15) is 14.7 Å². The third-order valence-electron chi connectivity index (χ3n) is 4.23. The molecule has 0 aromatic carbocycles. The molecule has 2 aliphatic rings. The number of urea groups is 1. The number of hydrogen-bond acceptors (Lipinski definition) is 4. The van der Waals surface area contributed by atoms with Crippen LogP contribution in [-0.2, 0) is 9.53 Å². The van der Waals surface area contributed by atoms with Crippen molar-refractivity contribution in [3.63, 3.8) is 0 Å². The minimum Gasteiger partial charge on any atom is -0.480 e. The molecule has 2 saturated heterocycles. The van der Waals surface area contributed by atoms with Crippen LogP contribution in [0.3, 0.4) is 0 Å². The summed E-state index contributed by atoms with van der Waals surface area (Å²) in [5.74, 6) is -1.07. The van der Waals surface area contributed by atoms with E-state index >= 15 is 0 Å². The van der Waals surface area contributed by atoms with Gasteiger partial charge in [0.25, 0.3) is 0 Å². The first-order valence-corrected chi connectivity index (χ1v) is 6.88. The van der Waals surface area contributed by atoms with Crippen molar-refractivity contribution in [2.75, 3.05) is 26.7 Å². The Hall–Kier alpha value is -1.34. The van der Waals surface area contributed by atoms with Crippen molar-refractivity contribution >= 4 is 12.0 Å². The first-order valence-electron chi connectivity index (χ1n) is 6.88. The second-order valence-electron chi connectivity index (χ2n) is 5.86. The Morgan fingerprint density at radius 2 is 2.10 bits per heavy atom. The molecule has 2 fully saturated rings. The Morgan fingerprint density at radius 3 is 2.70 bits per heavy atom. The van der Waals surface area contributed by atoms with Gasteiger partial charge >= 0.3 is 12.0 Å². The molecule has 0 bridgehead atoms. The fourth-order valence-corrected chi connectivity index (χ4v) is 2.98. The molecule has 0 radical (unpaired) electrons. The minimum atomic E-state index is -1.07. The van der Waals surface area contributed by atoms with Gasteiger partial charge in [-0.05, 0) is 19.8 Å². The molecular formula is C13H22N2O5. The second-order valence-corrected chi connectivity index (χ2v) is 5.86. The number of aliphatic carboxylic acids is 1. The van der Waals surface area contributed by atoms with E-state index in [0.717, 1.165) is 12.8 Å². The lowest BCUT2D eigenvalue weighted by Gasteiger charge is -2.41. The summed E-state index contributed by atoms with van der Waals surface area (Å²) in [6.45, 7) is 3.06. The molecule has 114 valence electrons. The van der Waals surface area contributed by atoms with E-state index in [1.54, 1.807) is 12.0 Å². The van der Waals surface area contributed by atoms with Crippen molar-refractivity contribution in [1.82, 2.24) is 9.80 Å². The summed E-state index contributed by atoms with van der Waals surface area (Å²) in [7, 11) is 1.62. The lowest BCUT2D eigenvalue weighted by atomic mass is 9.95. The van der Waals surface area contributed by atoms with Crippen molar-refractivity contribution < 1.29 is 24.5 Å². The molecule has 2 heterocycles. The van der Waals surface area contributed by atoms with Crippen LogP contribution < -0.4 is 0 Å². The zero-order chi connectivity index (χ0) is 14.9. The second kappa shape index (κ2) is 5.57. The molecule has 0 spiro atoms. The number of aliphatic hydroxyl groups is 1. The number of β-amino-alcohol motifs (C(OH)–C–C–N with tert-alkyl or cyclic N) is 1. The molecule has 3 atom stereocenters. The zero-order valence-electron chi connectivity index (χ0n) is 11.9. The lowest BCUT2D eigenvalue weighted by Crippen LogP contribution is -2.55. The predicted octanol–water partition coefficient (Wildman–Crippen LogP) is 0.127. The van der Waals surface area contributed by atoms with Crippen LogP contribution in [0.4, 0.5) is 4.79 Å². The normalized spacial score (nSPS) is 34.4. The van der Waals surface area contributed by atoms with Crippen molar-refractivity contribution in [1.29, 1.82) is 0 Å². The standard InChI is InChI=1S/C13H22N2O5/c1-13(20-2)4-3-5-14(8-13)12(19)15-7-9(16)6-10(15)11(17)18/h9-10,16H,3-8H2,1-2H3,(H,17,18)/t9-,10-,13?/m1/s1. The number of carbonyl (C=O) groups excluding carboxylic acids is 1. The van der Waals surface area contributed by atoms with E-state index in [1.165, 1.54) is 4.90 Å². The fraction of sp³-hybridized carbons (Fsp3) is 0.846. The molecule has 20 heavy (non-hydrogen) atoms. The quantitative estimate of drug-likeness (QED) is 0.753. The maximum absolute atomic E-state index is 12.5. The lowest BCUT2D eigenvalue weighted by molar-refractivity contribution is -0.141. The van der Waals surface area contributed by atoms with Crippen molar-refractivity contribution in [3.8, 4) is 0 Å². The molecule has 2 N–H and O–H groups in total. The smallest absolute Gasteiger partial charge is 0.326 e. The monoisotopic (exact) mass is 286 g/mol. The summed E-state index contributed by atoms with van der Waals surface area (Å²) >= 11 is 0. The number of aliphatic hydroxyl groups excluding tert-OH is 1. The summed E-state index contributed by atoms with van der Waals surface area (Å²) in [5.41, 5.74) is -0.384. The Bertz CT molecular complexity index is 402. The van der Waals surface area contributed by atoms with Gasteiger partial charge < -0.3 is 24.7 Å². The van der Waals surface area contributed by atoms with Crippen LogP contribution in [0.25, 0.3) is 0 Å². The summed E-state index contributed by atoms with van der Waals surface area (Å²) < 4.78 is 5.44. The maximum atomic E-state index is 12.5. The van der Waals surface area contributed by atoms with Gasteiger partial charge in [-0.2, -0.15) is 0 Å². The fourth-order valence-electron chi connectivity index (χ4n) is 2.98. The molecule has 1 unspecified atom stereocenters. The first-order chi connectivity index (χ1) is 9.36. The Kier molecular flexibility index (Phi) is 4.19. The largest absolute Gasteiger partial charge is 0.480 e. The van der Waals surface area contributed by atoms with Crippen LogP contribution in [0.2, 0.25) is 0 Å². The molecule has 7 nitrogen and oxygen atoms in total. The molecule has 2 aliphatic heterocycles. The maximum Gasteiger partial charge on any atom is 0.326 e. The number of carbonyl (C=O) groups is 2. The molecule has 2 amide bonds. The van der Waals surface area contributed by atoms with Gasteiger partial charge in [-0.1, -0.05) is 0 Å². The summed E-state index contributed by atoms with van der Waals surface area (Å²) in [4.78, 5) is 26.6. The summed E-state index contributed by atoms with van der Waals surface area (Å²) in [5, 5.41) is 18.8. The number of rotatable bonds is 2. The third kappa shape index (κ3) is 2.88. The molecule has 0 aliphatic carbocycles. The molecular weight excluding hydrogens is 264 g/mol. The van der Waals surface area contributed by atoms with Gasteiger partial charge in [-0.3, -0.25) is 0 Å². The highest BCUT2D eigenvalue weighted by Gasteiger charge is 2.42. The number of carboxylic acid groups (broad SMARTS) is 1. The Balaban J connectivity index is 2.08. The van der Waals surface area contributed by atoms with Crippen LogP contribution >= 0.6 is 0 Å². The third-order valence-corrected chi connectivity index (χ3v) is 4.23. The van der Waals surface area contributed by atoms with Gasteiger partial charge in [0, 0.05) is 26.6 Å². The van der Waals surface area contributed by atoms with Crippen molar-refractivity contribution in [2.45, 2.75) is 43.9 Å². The van der Waals surface area contributed by atoms with E-state index in [4.69, 9.17) is 9.84 Å². The van der Waals surface area contributed by atoms with Gasteiger partial charge in [0.15, 0.2) is 0 Å². The first kappa shape index (κ1) is 15.1. The highest BCUT2D eigenvalue weighted by molar-refractivity contribution is 5.83. The molecule has 0 aromatic heterocycles. The topological polar surface area (TPSA) is 90.3 Å². The highest BCUT2D eigenvalue weighted by atomic mass is 16.5. The molecule has 0 saturated carbocycles. The number of piperidine rings is 1. The van der Waals surface area contributed by atoms with Crippen molar-refractivity contribution in [3.05, 3.63) is 0 Å². The zero-order valence-corrected chi connectivity index (χ0v) is 11.9. The van der Waals surface area contributed by atoms with Crippen LogP contribution in [0.5, 0.6) is 0 Å². The van der Waals surface area contributed by atoms with Crippen LogP contribution in [0.15, 0.2) is 0 Å². The average Bonchev–Trinajstić information content (AvgIpc) is 2.80. The number of nitrogens with zero attached hydrogens (tertiary/aromatic N) is 2. The van der Waals surface area contributed by atoms with Crippen LogP contribution in [0, 0.1) is 0 Å². The number of likely N-dealkylation sites (tertiary alicyclic amines) is 2. The van der Waals surface area contributed by atoms with Gasteiger partial charge in [-0.15, -0.1) is 0 Å². The summed E-state index contributed by atoms with van der Waals surface area (Å²) in [6.07, 6.45) is 1.03. The van der Waals surface area contributed by atoms with E-state index in [2.05, 4.69) is 0 Å². The minimum absolute atomic E-state index is 0.0794. The van der Waals surface area contributed by atoms with Crippen molar-refractivity contribution in [2.24, 2.45) is 0 Å². The molecule has 7 heteroatoms. The van der Waals surface area contributed by atoms with Gasteiger partial charge in [0.05, 0.1) is 18.2 Å². The SMILES string of the molecule is COC1(C)CCCN(C(=O)N2C[C@H](O)C[C@@H]2C(=O)O)C1. The number of amides is 2. The number of carboxylic acids is 1. The van der Waals surface area contributed by atoms with Crippen LogP contribution in [0.1, 0.15) is 26.2 Å². The Morgan fingerprint density at radius 1 is 1.40 bits per heavy atom. The van der Waals surface area contributed by atoms with E-state index in [0.29, 0.717) is 13.1 Å². The number of methoxy groups -OCH3 is 1. The highest BCUT2D eigenvalue weighted by Crippen LogP contribution is 2.27. The van der Waals surface area contributed by atoms with Gasteiger partial charge in [0.2, 0.25) is 0 Å². The van der Waals surface area contributed by atoms with E-state index < -0.39 is 18.1 Å². The summed E-state index contributed by atoms with van der Waals surface area (Å²) in [6, 6.07) is -1.26. The molecule has 2 rings (SSSR count). The average molecular weight is 286 g/mol. The number of ether oxygens (including phenoxy) is 1. The van der Waals surface area contributed by atoms with E-state index in [-0.39, 0.29) is 24.6 Å². The van der Waals surface area contributed by atoms with E-state index in [1.807, 2.05) is 6.92 Å². The van der Waals surface area contributed by atoms with Gasteiger partial charge in [-0.25, -0.2) is 9.59 Å². The van der Waals surface area contributed by atoms with Crippen LogP contribution in [-0.4, -0.2) is 76.5 Å². The number of hydrogen-bond donors (Lipinski definition) is 2. The molecule has 0 aromatic rings. The van der Waals surface area contributed by atoms with Gasteiger partial charge in [0.1, 0.15) is 6.04 Å².